The van der Waals surface area contributed by atoms with Crippen LogP contribution < -0.4 is 14.8 Å². The Labute approximate surface area is 168 Å². The van der Waals surface area contributed by atoms with Gasteiger partial charge in [0.2, 0.25) is 5.91 Å². The van der Waals surface area contributed by atoms with Crippen LogP contribution in [0.4, 0.5) is 4.39 Å². The summed E-state index contributed by atoms with van der Waals surface area (Å²) in [7, 11) is 1.51. The van der Waals surface area contributed by atoms with E-state index in [-0.39, 0.29) is 18.3 Å². The van der Waals surface area contributed by atoms with Crippen LogP contribution >= 0.6 is 11.8 Å². The third kappa shape index (κ3) is 7.33. The minimum absolute atomic E-state index is 0.0621. The third-order valence-corrected chi connectivity index (χ3v) is 4.71. The van der Waals surface area contributed by atoms with Crippen molar-refractivity contribution in [1.82, 2.24) is 5.32 Å². The number of nitriles is 1. The molecule has 2 aromatic rings. The predicted octanol–water partition coefficient (Wildman–Crippen LogP) is 4.05. The van der Waals surface area contributed by atoms with Crippen molar-refractivity contribution in [1.29, 1.82) is 5.26 Å². The van der Waals surface area contributed by atoms with Crippen LogP contribution in [0.1, 0.15) is 12.0 Å². The fourth-order valence-electron chi connectivity index (χ4n) is 2.25. The number of amides is 1. The van der Waals surface area contributed by atoms with Crippen LogP contribution in [0.25, 0.3) is 6.08 Å². The SMILES string of the molecule is COc1cc(/C=C/C(=O)NCCCSc2ccc(F)cc2)ccc1OCC#N. The topological polar surface area (TPSA) is 71.3 Å². The van der Waals surface area contributed by atoms with E-state index in [0.29, 0.717) is 18.0 Å². The Kier molecular flexibility index (Phi) is 8.89. The Hall–Kier alpha value is -2.98. The normalized spacial score (nSPS) is 10.5. The molecule has 0 aliphatic heterocycles. The van der Waals surface area contributed by atoms with E-state index in [9.17, 15) is 9.18 Å². The lowest BCUT2D eigenvalue weighted by atomic mass is 10.2. The largest absolute Gasteiger partial charge is 0.493 e. The highest BCUT2D eigenvalue weighted by Gasteiger charge is 2.05. The van der Waals surface area contributed by atoms with Gasteiger partial charge in [-0.05, 0) is 60.2 Å². The summed E-state index contributed by atoms with van der Waals surface area (Å²) in [6.07, 6.45) is 3.94. The summed E-state index contributed by atoms with van der Waals surface area (Å²) in [5.74, 6) is 1.37. The molecule has 0 atom stereocenters. The van der Waals surface area contributed by atoms with Gasteiger partial charge in [-0.15, -0.1) is 11.8 Å². The molecule has 0 unspecified atom stereocenters. The molecule has 7 heteroatoms. The smallest absolute Gasteiger partial charge is 0.243 e. The molecule has 1 N–H and O–H groups in total. The molecule has 0 saturated carbocycles. The van der Waals surface area contributed by atoms with E-state index in [4.69, 9.17) is 14.7 Å². The number of benzene rings is 2. The monoisotopic (exact) mass is 400 g/mol. The molecular formula is C21H21FN2O3S. The van der Waals surface area contributed by atoms with E-state index >= 15 is 0 Å². The molecule has 2 rings (SSSR count). The Morgan fingerprint density at radius 2 is 2.04 bits per heavy atom. The van der Waals surface area contributed by atoms with Gasteiger partial charge in [-0.2, -0.15) is 5.26 Å². The minimum atomic E-state index is -0.245. The number of halogens is 1. The zero-order valence-corrected chi connectivity index (χ0v) is 16.3. The van der Waals surface area contributed by atoms with Gasteiger partial charge in [-0.1, -0.05) is 6.07 Å². The zero-order valence-electron chi connectivity index (χ0n) is 15.5. The van der Waals surface area contributed by atoms with Gasteiger partial charge in [-0.3, -0.25) is 4.79 Å². The first-order valence-electron chi connectivity index (χ1n) is 8.64. The van der Waals surface area contributed by atoms with Crippen LogP contribution in [0.5, 0.6) is 11.5 Å². The van der Waals surface area contributed by atoms with Gasteiger partial charge in [0.15, 0.2) is 18.1 Å². The summed E-state index contributed by atoms with van der Waals surface area (Å²) in [4.78, 5) is 12.9. The third-order valence-electron chi connectivity index (χ3n) is 3.61. The highest BCUT2D eigenvalue weighted by Crippen LogP contribution is 2.28. The first-order chi connectivity index (χ1) is 13.6. The first-order valence-corrected chi connectivity index (χ1v) is 9.63. The number of ether oxygens (including phenoxy) is 2. The molecule has 0 radical (unpaired) electrons. The van der Waals surface area contributed by atoms with Gasteiger partial charge in [0.25, 0.3) is 0 Å². The molecule has 0 saturated heterocycles. The summed E-state index contributed by atoms with van der Waals surface area (Å²) >= 11 is 1.62. The molecule has 146 valence electrons. The minimum Gasteiger partial charge on any atom is -0.493 e. The van der Waals surface area contributed by atoms with Crippen molar-refractivity contribution < 1.29 is 18.7 Å². The lowest BCUT2D eigenvalue weighted by molar-refractivity contribution is -0.116. The number of rotatable bonds is 10. The van der Waals surface area contributed by atoms with Crippen molar-refractivity contribution in [3.05, 3.63) is 59.9 Å². The van der Waals surface area contributed by atoms with E-state index in [1.54, 1.807) is 48.2 Å². The number of hydrogen-bond acceptors (Lipinski definition) is 5. The number of nitrogens with one attached hydrogen (secondary N) is 1. The molecule has 0 fully saturated rings. The van der Waals surface area contributed by atoms with Crippen molar-refractivity contribution in [3.8, 4) is 17.6 Å². The van der Waals surface area contributed by atoms with E-state index in [2.05, 4.69) is 5.32 Å². The summed E-state index contributed by atoms with van der Waals surface area (Å²) in [5, 5.41) is 11.4. The molecule has 5 nitrogen and oxygen atoms in total. The molecule has 0 aromatic heterocycles. The van der Waals surface area contributed by atoms with Crippen molar-refractivity contribution in [2.45, 2.75) is 11.3 Å². The number of carbonyl (C=O) groups is 1. The number of nitrogens with zero attached hydrogens (tertiary/aromatic N) is 1. The standard InChI is InChI=1S/C21H21FN2O3S/c1-26-20-15-16(3-9-19(20)27-13-11-23)4-10-21(25)24-12-2-14-28-18-7-5-17(22)6-8-18/h3-10,15H,2,12-14H2,1H3,(H,24,25)/b10-4+. The average molecular weight is 400 g/mol. The quantitative estimate of drug-likeness (QED) is 0.370. The Morgan fingerprint density at radius 1 is 1.25 bits per heavy atom. The highest BCUT2D eigenvalue weighted by atomic mass is 32.2. The van der Waals surface area contributed by atoms with Crippen LogP contribution in [0.2, 0.25) is 0 Å². The van der Waals surface area contributed by atoms with E-state index in [0.717, 1.165) is 22.6 Å². The maximum absolute atomic E-state index is 12.8. The lowest BCUT2D eigenvalue weighted by Gasteiger charge is -2.08. The summed E-state index contributed by atoms with van der Waals surface area (Å²) in [6.45, 7) is 0.495. The first kappa shape index (κ1) is 21.3. The molecule has 28 heavy (non-hydrogen) atoms. The molecule has 0 spiro atoms. The number of thioether (sulfide) groups is 1. The second-order valence-corrected chi connectivity index (χ2v) is 6.81. The van der Waals surface area contributed by atoms with Crippen molar-refractivity contribution in [3.63, 3.8) is 0 Å². The van der Waals surface area contributed by atoms with Crippen LogP contribution in [0, 0.1) is 17.1 Å². The maximum Gasteiger partial charge on any atom is 0.243 e. The molecule has 0 aliphatic carbocycles. The molecule has 0 heterocycles. The van der Waals surface area contributed by atoms with Crippen LogP contribution in [0.15, 0.2) is 53.4 Å². The van der Waals surface area contributed by atoms with Crippen LogP contribution in [-0.4, -0.2) is 31.9 Å². The molecular weight excluding hydrogens is 379 g/mol. The Bertz CT molecular complexity index is 848. The summed E-state index contributed by atoms with van der Waals surface area (Å²) in [5.41, 5.74) is 0.781. The highest BCUT2D eigenvalue weighted by molar-refractivity contribution is 7.99. The average Bonchev–Trinajstić information content (AvgIpc) is 2.72. The van der Waals surface area contributed by atoms with Gasteiger partial charge >= 0.3 is 0 Å². The second-order valence-electron chi connectivity index (χ2n) is 5.64. The fraction of sp³-hybridized carbons (Fsp3) is 0.238. The second kappa shape index (κ2) is 11.7. The van der Waals surface area contributed by atoms with Crippen molar-refractivity contribution in [2.24, 2.45) is 0 Å². The summed E-state index contributed by atoms with van der Waals surface area (Å²) in [6, 6.07) is 13.5. The van der Waals surface area contributed by atoms with Gasteiger partial charge in [0, 0.05) is 17.5 Å². The summed E-state index contributed by atoms with van der Waals surface area (Å²) < 4.78 is 23.3. The van der Waals surface area contributed by atoms with E-state index in [1.165, 1.54) is 25.3 Å². The van der Waals surface area contributed by atoms with Gasteiger partial charge in [-0.25, -0.2) is 4.39 Å². The van der Waals surface area contributed by atoms with Gasteiger partial charge in [0.1, 0.15) is 11.9 Å². The van der Waals surface area contributed by atoms with Gasteiger partial charge in [0.05, 0.1) is 7.11 Å². The maximum atomic E-state index is 12.8. The van der Waals surface area contributed by atoms with Crippen molar-refractivity contribution >= 4 is 23.7 Å². The molecule has 0 bridgehead atoms. The molecule has 0 aliphatic rings. The Morgan fingerprint density at radius 3 is 2.75 bits per heavy atom. The zero-order chi connectivity index (χ0) is 20.2. The van der Waals surface area contributed by atoms with E-state index in [1.807, 2.05) is 6.07 Å². The van der Waals surface area contributed by atoms with Crippen molar-refractivity contribution in [2.75, 3.05) is 26.0 Å². The van der Waals surface area contributed by atoms with E-state index < -0.39 is 0 Å². The molecule has 1 amide bonds. The molecule has 2 aromatic carbocycles. The number of hydrogen-bond donors (Lipinski definition) is 1. The number of methoxy groups -OCH3 is 1. The lowest BCUT2D eigenvalue weighted by Crippen LogP contribution is -2.22. The van der Waals surface area contributed by atoms with Crippen LogP contribution in [0.3, 0.4) is 0 Å². The van der Waals surface area contributed by atoms with Crippen LogP contribution in [-0.2, 0) is 4.79 Å². The Balaban J connectivity index is 1.74. The predicted molar refractivity (Wildman–Crippen MR) is 108 cm³/mol. The number of carbonyl (C=O) groups excluding carboxylic acids is 1. The van der Waals surface area contributed by atoms with Gasteiger partial charge < -0.3 is 14.8 Å². The fourth-order valence-corrected chi connectivity index (χ4v) is 3.11.